The Morgan fingerprint density at radius 3 is 2.86 bits per heavy atom. The van der Waals surface area contributed by atoms with Gasteiger partial charge in [0.05, 0.1) is 7.11 Å². The molecular weight excluding hydrogens is 352 g/mol. The van der Waals surface area contributed by atoms with E-state index in [1.807, 2.05) is 48.5 Å². The van der Waals surface area contributed by atoms with Crippen LogP contribution in [0.25, 0.3) is 22.1 Å². The van der Waals surface area contributed by atoms with Crippen LogP contribution in [0.2, 0.25) is 0 Å². The largest absolute Gasteiger partial charge is 0.497 e. The highest BCUT2D eigenvalue weighted by Gasteiger charge is 2.22. The smallest absolute Gasteiger partial charge is 0.287 e. The number of piperidine rings is 1. The standard InChI is InChI=1S/C23H26N2O3/c1-27-18-9-10-19-20(14-18)28-22(21(19)17-7-3-2-4-8-17)23(26)25-13-11-16-6-5-12-24-15-16/h2-4,7-10,14,16,24H,5-6,11-13,15H2,1H3,(H,25,26). The van der Waals surface area contributed by atoms with Crippen LogP contribution in [0.15, 0.2) is 52.9 Å². The quantitative estimate of drug-likeness (QED) is 0.674. The van der Waals surface area contributed by atoms with Crippen LogP contribution in [0.1, 0.15) is 29.8 Å². The molecule has 4 rings (SSSR count). The van der Waals surface area contributed by atoms with Gasteiger partial charge in [0.15, 0.2) is 0 Å². The molecule has 2 heterocycles. The molecular formula is C23H26N2O3. The fraction of sp³-hybridized carbons (Fsp3) is 0.348. The maximum Gasteiger partial charge on any atom is 0.287 e. The van der Waals surface area contributed by atoms with Gasteiger partial charge in [-0.2, -0.15) is 0 Å². The number of nitrogens with one attached hydrogen (secondary N) is 2. The Balaban J connectivity index is 1.60. The van der Waals surface area contributed by atoms with Gasteiger partial charge in [-0.05, 0) is 56.0 Å². The molecule has 1 fully saturated rings. The molecule has 1 amide bonds. The third-order valence-corrected chi connectivity index (χ3v) is 5.40. The summed E-state index contributed by atoms with van der Waals surface area (Å²) in [6.07, 6.45) is 3.41. The van der Waals surface area contributed by atoms with Crippen molar-refractivity contribution in [2.45, 2.75) is 19.3 Å². The van der Waals surface area contributed by atoms with Crippen LogP contribution in [0, 0.1) is 5.92 Å². The Morgan fingerprint density at radius 1 is 1.25 bits per heavy atom. The second-order valence-corrected chi connectivity index (χ2v) is 7.29. The first kappa shape index (κ1) is 18.6. The van der Waals surface area contributed by atoms with Crippen molar-refractivity contribution in [3.63, 3.8) is 0 Å². The van der Waals surface area contributed by atoms with Crippen molar-refractivity contribution in [1.82, 2.24) is 10.6 Å². The first-order valence-electron chi connectivity index (χ1n) is 9.91. The topological polar surface area (TPSA) is 63.5 Å². The maximum atomic E-state index is 13.0. The maximum absolute atomic E-state index is 13.0. The minimum atomic E-state index is -0.169. The summed E-state index contributed by atoms with van der Waals surface area (Å²) >= 11 is 0. The molecule has 1 atom stereocenters. The minimum absolute atomic E-state index is 0.169. The fourth-order valence-corrected chi connectivity index (χ4v) is 3.90. The zero-order chi connectivity index (χ0) is 19.3. The number of carbonyl (C=O) groups is 1. The lowest BCUT2D eigenvalue weighted by Gasteiger charge is -2.22. The SMILES string of the molecule is COc1ccc2c(-c3ccccc3)c(C(=O)NCCC3CCCNC3)oc2c1. The summed E-state index contributed by atoms with van der Waals surface area (Å²) in [5.41, 5.74) is 2.45. The second-order valence-electron chi connectivity index (χ2n) is 7.29. The van der Waals surface area contributed by atoms with E-state index in [1.54, 1.807) is 7.11 Å². The molecule has 0 saturated carbocycles. The van der Waals surface area contributed by atoms with Gasteiger partial charge in [-0.25, -0.2) is 0 Å². The summed E-state index contributed by atoms with van der Waals surface area (Å²) in [7, 11) is 1.62. The van der Waals surface area contributed by atoms with E-state index in [2.05, 4.69) is 10.6 Å². The number of fused-ring (bicyclic) bond motifs is 1. The van der Waals surface area contributed by atoms with Crippen molar-refractivity contribution in [2.75, 3.05) is 26.7 Å². The van der Waals surface area contributed by atoms with E-state index in [0.717, 1.165) is 36.0 Å². The Hall–Kier alpha value is -2.79. The predicted octanol–water partition coefficient (Wildman–Crippen LogP) is 4.23. The lowest BCUT2D eigenvalue weighted by atomic mass is 9.96. The molecule has 2 N–H and O–H groups in total. The molecule has 1 saturated heterocycles. The van der Waals surface area contributed by atoms with Gasteiger partial charge in [-0.15, -0.1) is 0 Å². The highest BCUT2D eigenvalue weighted by Crippen LogP contribution is 2.36. The van der Waals surface area contributed by atoms with Gasteiger partial charge < -0.3 is 19.8 Å². The van der Waals surface area contributed by atoms with Crippen molar-refractivity contribution >= 4 is 16.9 Å². The number of ether oxygens (including phenoxy) is 1. The number of amides is 1. The highest BCUT2D eigenvalue weighted by atomic mass is 16.5. The lowest BCUT2D eigenvalue weighted by Crippen LogP contribution is -2.33. The van der Waals surface area contributed by atoms with Gasteiger partial charge in [0, 0.05) is 23.6 Å². The van der Waals surface area contributed by atoms with Crippen LogP contribution >= 0.6 is 0 Å². The molecule has 2 aromatic carbocycles. The van der Waals surface area contributed by atoms with Crippen LogP contribution in [0.4, 0.5) is 0 Å². The fourth-order valence-electron chi connectivity index (χ4n) is 3.90. The van der Waals surface area contributed by atoms with Gasteiger partial charge in [-0.1, -0.05) is 30.3 Å². The van der Waals surface area contributed by atoms with Crippen LogP contribution < -0.4 is 15.4 Å². The molecule has 28 heavy (non-hydrogen) atoms. The van der Waals surface area contributed by atoms with E-state index in [9.17, 15) is 4.79 Å². The number of methoxy groups -OCH3 is 1. The molecule has 5 heteroatoms. The van der Waals surface area contributed by atoms with Crippen LogP contribution in [-0.4, -0.2) is 32.7 Å². The van der Waals surface area contributed by atoms with Crippen molar-refractivity contribution in [3.05, 3.63) is 54.3 Å². The van der Waals surface area contributed by atoms with Crippen molar-refractivity contribution < 1.29 is 13.9 Å². The van der Waals surface area contributed by atoms with Gasteiger partial charge in [-0.3, -0.25) is 4.79 Å². The van der Waals surface area contributed by atoms with Gasteiger partial charge in [0.1, 0.15) is 11.3 Å². The van der Waals surface area contributed by atoms with Gasteiger partial charge >= 0.3 is 0 Å². The number of rotatable bonds is 6. The second kappa shape index (κ2) is 8.48. The van der Waals surface area contributed by atoms with Crippen LogP contribution in [-0.2, 0) is 0 Å². The highest BCUT2D eigenvalue weighted by molar-refractivity contribution is 6.08. The van der Waals surface area contributed by atoms with Crippen molar-refractivity contribution in [2.24, 2.45) is 5.92 Å². The van der Waals surface area contributed by atoms with Crippen LogP contribution in [0.3, 0.4) is 0 Å². The van der Waals surface area contributed by atoms with Crippen molar-refractivity contribution in [3.8, 4) is 16.9 Å². The summed E-state index contributed by atoms with van der Waals surface area (Å²) in [6.45, 7) is 2.79. The first-order chi connectivity index (χ1) is 13.8. The molecule has 0 radical (unpaired) electrons. The Bertz CT molecular complexity index is 943. The van der Waals surface area contributed by atoms with Gasteiger partial charge in [0.25, 0.3) is 5.91 Å². The molecule has 146 valence electrons. The molecule has 1 unspecified atom stereocenters. The monoisotopic (exact) mass is 378 g/mol. The molecule has 1 aliphatic heterocycles. The average molecular weight is 378 g/mol. The molecule has 1 aromatic heterocycles. The van der Waals surface area contributed by atoms with E-state index in [1.165, 1.54) is 12.8 Å². The summed E-state index contributed by atoms with van der Waals surface area (Å²) in [5, 5.41) is 7.39. The molecule has 1 aliphatic rings. The van der Waals surface area contributed by atoms with E-state index < -0.39 is 0 Å². The summed E-state index contributed by atoms with van der Waals surface area (Å²) < 4.78 is 11.3. The third kappa shape index (κ3) is 3.90. The molecule has 0 aliphatic carbocycles. The number of hydrogen-bond acceptors (Lipinski definition) is 4. The zero-order valence-electron chi connectivity index (χ0n) is 16.2. The molecule has 5 nitrogen and oxygen atoms in total. The number of benzene rings is 2. The molecule has 0 bridgehead atoms. The minimum Gasteiger partial charge on any atom is -0.497 e. The number of carbonyl (C=O) groups excluding carboxylic acids is 1. The Kier molecular flexibility index (Phi) is 5.63. The Labute approximate surface area is 165 Å². The lowest BCUT2D eigenvalue weighted by molar-refractivity contribution is 0.0926. The van der Waals surface area contributed by atoms with Crippen molar-refractivity contribution in [1.29, 1.82) is 0 Å². The summed E-state index contributed by atoms with van der Waals surface area (Å²) in [6, 6.07) is 15.6. The zero-order valence-corrected chi connectivity index (χ0v) is 16.2. The Morgan fingerprint density at radius 2 is 2.11 bits per heavy atom. The van der Waals surface area contributed by atoms with Crippen LogP contribution in [0.5, 0.6) is 5.75 Å². The number of furan rings is 1. The normalized spacial score (nSPS) is 16.8. The van der Waals surface area contributed by atoms with E-state index in [4.69, 9.17) is 9.15 Å². The first-order valence-corrected chi connectivity index (χ1v) is 9.91. The average Bonchev–Trinajstić information content (AvgIpc) is 3.13. The summed E-state index contributed by atoms with van der Waals surface area (Å²) in [4.78, 5) is 13.0. The van der Waals surface area contributed by atoms with E-state index in [0.29, 0.717) is 29.6 Å². The molecule has 3 aromatic rings. The van der Waals surface area contributed by atoms with E-state index in [-0.39, 0.29) is 5.91 Å². The summed E-state index contributed by atoms with van der Waals surface area (Å²) in [5.74, 6) is 1.52. The number of hydrogen-bond donors (Lipinski definition) is 2. The third-order valence-electron chi connectivity index (χ3n) is 5.40. The van der Waals surface area contributed by atoms with E-state index >= 15 is 0 Å². The molecule has 0 spiro atoms. The van der Waals surface area contributed by atoms with Gasteiger partial charge in [0.2, 0.25) is 5.76 Å². The predicted molar refractivity (Wildman–Crippen MR) is 111 cm³/mol.